The molecule has 9 heteroatoms. The Morgan fingerprint density at radius 3 is 2.88 bits per heavy atom. The molecule has 0 bridgehead atoms. The van der Waals surface area contributed by atoms with Gasteiger partial charge in [-0.3, -0.25) is 9.59 Å². The number of halogens is 1. The van der Waals surface area contributed by atoms with Crippen LogP contribution in [0.15, 0.2) is 18.3 Å². The van der Waals surface area contributed by atoms with E-state index in [4.69, 9.17) is 14.2 Å². The van der Waals surface area contributed by atoms with Crippen molar-refractivity contribution in [1.82, 2.24) is 9.88 Å². The predicted octanol–water partition coefficient (Wildman–Crippen LogP) is 3.65. The second-order valence-electron chi connectivity index (χ2n) is 9.36. The Kier molecular flexibility index (Phi) is 5.79. The highest BCUT2D eigenvalue weighted by Gasteiger charge is 2.42. The van der Waals surface area contributed by atoms with Crippen LogP contribution in [0, 0.1) is 12.7 Å². The van der Waals surface area contributed by atoms with Gasteiger partial charge < -0.3 is 24.4 Å². The minimum absolute atomic E-state index is 0.0200. The van der Waals surface area contributed by atoms with Gasteiger partial charge in [0.15, 0.2) is 11.6 Å². The van der Waals surface area contributed by atoms with E-state index in [1.807, 2.05) is 0 Å². The molecule has 34 heavy (non-hydrogen) atoms. The highest BCUT2D eigenvalue weighted by molar-refractivity contribution is 6.00. The van der Waals surface area contributed by atoms with Crippen molar-refractivity contribution in [3.8, 4) is 17.4 Å². The number of benzene rings is 1. The summed E-state index contributed by atoms with van der Waals surface area (Å²) in [6.07, 6.45) is 3.71. The second kappa shape index (κ2) is 8.77. The smallest absolute Gasteiger partial charge is 0.262 e. The van der Waals surface area contributed by atoms with E-state index in [1.54, 1.807) is 44.0 Å². The molecule has 0 unspecified atom stereocenters. The van der Waals surface area contributed by atoms with Crippen molar-refractivity contribution in [2.45, 2.75) is 64.7 Å². The van der Waals surface area contributed by atoms with Crippen molar-refractivity contribution < 1.29 is 28.2 Å². The molecule has 5 rings (SSSR count). The zero-order valence-corrected chi connectivity index (χ0v) is 19.5. The van der Waals surface area contributed by atoms with E-state index < -0.39 is 5.82 Å². The molecule has 1 aromatic heterocycles. The first-order valence-electron chi connectivity index (χ1n) is 11.7. The molecule has 2 amide bonds. The maximum atomic E-state index is 14.9. The number of nitrogens with one attached hydrogen (secondary N) is 1. The van der Waals surface area contributed by atoms with Crippen LogP contribution in [0.25, 0.3) is 0 Å². The van der Waals surface area contributed by atoms with E-state index >= 15 is 0 Å². The van der Waals surface area contributed by atoms with Gasteiger partial charge in [0.2, 0.25) is 11.8 Å². The number of hydrogen-bond acceptors (Lipinski definition) is 6. The van der Waals surface area contributed by atoms with Gasteiger partial charge in [0, 0.05) is 25.1 Å². The molecule has 3 aliphatic heterocycles. The van der Waals surface area contributed by atoms with Crippen molar-refractivity contribution in [3.63, 3.8) is 0 Å². The lowest BCUT2D eigenvalue weighted by Gasteiger charge is -2.22. The van der Waals surface area contributed by atoms with Gasteiger partial charge in [-0.05, 0) is 50.8 Å². The summed E-state index contributed by atoms with van der Waals surface area (Å²) in [5.74, 6) is -0.236. The fourth-order valence-electron chi connectivity index (χ4n) is 4.76. The Bertz CT molecular complexity index is 1150. The van der Waals surface area contributed by atoms with Crippen LogP contribution in [-0.2, 0) is 11.2 Å². The molecule has 8 nitrogen and oxygen atoms in total. The van der Waals surface area contributed by atoms with Crippen LogP contribution in [0.5, 0.6) is 17.4 Å². The largest absolute Gasteiger partial charge is 0.490 e. The fraction of sp³-hybridized carbons (Fsp3) is 0.480. The zero-order chi connectivity index (χ0) is 24.0. The maximum Gasteiger partial charge on any atom is 0.262 e. The summed E-state index contributed by atoms with van der Waals surface area (Å²) in [7, 11) is 0. The minimum atomic E-state index is -0.550. The number of aryl methyl sites for hydroxylation is 2. The van der Waals surface area contributed by atoms with E-state index in [1.165, 1.54) is 0 Å². The number of aromatic nitrogens is 1. The summed E-state index contributed by atoms with van der Waals surface area (Å²) in [5.41, 5.74) is 2.18. The van der Waals surface area contributed by atoms with Crippen LogP contribution in [-0.4, -0.2) is 53.1 Å². The molecule has 1 fully saturated rings. The van der Waals surface area contributed by atoms with Crippen LogP contribution in [0.3, 0.4) is 0 Å². The molecule has 180 valence electrons. The topological polar surface area (TPSA) is 90.0 Å². The SMILES string of the molecule is Cc1cc2c(c(OC(C)C)c1F)C(=O)N1C[C@@H](Oc3cc4c(cn3)CCCC(=O)N4)C[C@@H]1CO2. The quantitative estimate of drug-likeness (QED) is 0.735. The van der Waals surface area contributed by atoms with Crippen LogP contribution in [0.4, 0.5) is 10.1 Å². The lowest BCUT2D eigenvalue weighted by Crippen LogP contribution is -2.37. The standard InChI is InChI=1S/C25H28FN3O5/c1-13(2)33-24-22-19(7-14(3)23(24)26)32-12-16-8-17(11-29(16)25(22)31)34-21-9-18-15(10-27-21)5-4-6-20(30)28-18/h7,9-10,13,16-17H,4-6,8,11-12H2,1-3H3,(H,28,30)/t16-,17+/m1/s1. The number of carbonyl (C=O) groups excluding carboxylic acids is 2. The molecule has 4 heterocycles. The first-order valence-corrected chi connectivity index (χ1v) is 11.7. The summed E-state index contributed by atoms with van der Waals surface area (Å²) in [6, 6.07) is 3.07. The summed E-state index contributed by atoms with van der Waals surface area (Å²) in [6.45, 7) is 5.79. The highest BCUT2D eigenvalue weighted by Crippen LogP contribution is 2.39. The lowest BCUT2D eigenvalue weighted by atomic mass is 10.1. The van der Waals surface area contributed by atoms with Gasteiger partial charge in [-0.1, -0.05) is 0 Å². The molecule has 1 N–H and O–H groups in total. The molecule has 0 radical (unpaired) electrons. The number of hydrogen-bond donors (Lipinski definition) is 1. The van der Waals surface area contributed by atoms with Crippen LogP contribution >= 0.6 is 0 Å². The molecular formula is C25H28FN3O5. The molecule has 2 aromatic rings. The number of pyridine rings is 1. The van der Waals surface area contributed by atoms with E-state index in [0.29, 0.717) is 36.6 Å². The van der Waals surface area contributed by atoms with Crippen molar-refractivity contribution in [1.29, 1.82) is 0 Å². The Morgan fingerprint density at radius 2 is 2.09 bits per heavy atom. The van der Waals surface area contributed by atoms with E-state index in [-0.39, 0.29) is 48.0 Å². The number of anilines is 1. The molecular weight excluding hydrogens is 441 g/mol. The van der Waals surface area contributed by atoms with Gasteiger partial charge in [-0.15, -0.1) is 0 Å². The Labute approximate surface area is 197 Å². The monoisotopic (exact) mass is 469 g/mol. The van der Waals surface area contributed by atoms with Gasteiger partial charge in [0.1, 0.15) is 24.0 Å². The normalized spacial score (nSPS) is 21.6. The molecule has 3 aliphatic rings. The van der Waals surface area contributed by atoms with Crippen LogP contribution < -0.4 is 19.5 Å². The van der Waals surface area contributed by atoms with Gasteiger partial charge in [-0.2, -0.15) is 0 Å². The highest BCUT2D eigenvalue weighted by atomic mass is 19.1. The summed E-state index contributed by atoms with van der Waals surface area (Å²) >= 11 is 0. The van der Waals surface area contributed by atoms with Gasteiger partial charge in [0.05, 0.1) is 24.4 Å². The molecule has 0 saturated carbocycles. The Morgan fingerprint density at radius 1 is 1.26 bits per heavy atom. The third-order valence-corrected chi connectivity index (χ3v) is 6.38. The number of amides is 2. The summed E-state index contributed by atoms with van der Waals surface area (Å²) in [5, 5.41) is 2.90. The Hall–Kier alpha value is -3.36. The van der Waals surface area contributed by atoms with Crippen molar-refractivity contribution in [2.24, 2.45) is 0 Å². The molecule has 1 saturated heterocycles. The van der Waals surface area contributed by atoms with Crippen LogP contribution in [0.2, 0.25) is 0 Å². The third-order valence-electron chi connectivity index (χ3n) is 6.38. The van der Waals surface area contributed by atoms with Crippen molar-refractivity contribution in [2.75, 3.05) is 18.5 Å². The average Bonchev–Trinajstić information content (AvgIpc) is 3.02. The number of rotatable bonds is 4. The average molecular weight is 470 g/mol. The van der Waals surface area contributed by atoms with Crippen molar-refractivity contribution in [3.05, 3.63) is 40.8 Å². The zero-order valence-electron chi connectivity index (χ0n) is 19.5. The molecule has 0 spiro atoms. The number of nitrogens with zero attached hydrogens (tertiary/aromatic N) is 2. The fourth-order valence-corrected chi connectivity index (χ4v) is 4.76. The number of ether oxygens (including phenoxy) is 3. The summed E-state index contributed by atoms with van der Waals surface area (Å²) < 4.78 is 32.7. The molecule has 1 aromatic carbocycles. The first kappa shape index (κ1) is 22.4. The molecule has 0 aliphatic carbocycles. The van der Waals surface area contributed by atoms with Crippen LogP contribution in [0.1, 0.15) is 54.6 Å². The van der Waals surface area contributed by atoms with E-state index in [0.717, 1.165) is 24.1 Å². The third kappa shape index (κ3) is 4.15. The Balaban J connectivity index is 1.38. The van der Waals surface area contributed by atoms with Gasteiger partial charge >= 0.3 is 0 Å². The second-order valence-corrected chi connectivity index (χ2v) is 9.36. The maximum absolute atomic E-state index is 14.9. The van der Waals surface area contributed by atoms with Gasteiger partial charge in [-0.25, -0.2) is 9.37 Å². The predicted molar refractivity (Wildman–Crippen MR) is 122 cm³/mol. The van der Waals surface area contributed by atoms with E-state index in [2.05, 4.69) is 10.3 Å². The van der Waals surface area contributed by atoms with Gasteiger partial charge in [0.25, 0.3) is 5.91 Å². The molecule has 2 atom stereocenters. The number of carbonyl (C=O) groups is 2. The van der Waals surface area contributed by atoms with Crippen molar-refractivity contribution >= 4 is 17.5 Å². The number of fused-ring (bicyclic) bond motifs is 3. The van der Waals surface area contributed by atoms with E-state index in [9.17, 15) is 14.0 Å². The lowest BCUT2D eigenvalue weighted by molar-refractivity contribution is -0.116. The summed E-state index contributed by atoms with van der Waals surface area (Å²) in [4.78, 5) is 31.5. The first-order chi connectivity index (χ1) is 16.3. The minimum Gasteiger partial charge on any atom is -0.490 e.